The maximum atomic E-state index is 6.17. The number of halogens is 2. The number of rotatable bonds is 3. The van der Waals surface area contributed by atoms with E-state index in [1.165, 1.54) is 5.69 Å². The zero-order valence-electron chi connectivity index (χ0n) is 12.4. The molecule has 0 amide bonds. The number of nitrogens with zero attached hydrogens (tertiary/aromatic N) is 1. The van der Waals surface area contributed by atoms with E-state index in [9.17, 15) is 0 Å². The summed E-state index contributed by atoms with van der Waals surface area (Å²) in [5.41, 5.74) is 8.61. The molecule has 3 nitrogen and oxygen atoms in total. The van der Waals surface area contributed by atoms with Gasteiger partial charge in [-0.25, -0.2) is 0 Å². The molecule has 1 aliphatic heterocycles. The van der Waals surface area contributed by atoms with Crippen LogP contribution >= 0.6 is 23.2 Å². The second-order valence-electron chi connectivity index (χ2n) is 5.60. The predicted molar refractivity (Wildman–Crippen MR) is 93.3 cm³/mol. The Bertz CT molecular complexity index is 690. The lowest BCUT2D eigenvalue weighted by atomic mass is 10.2. The summed E-state index contributed by atoms with van der Waals surface area (Å²) in [5, 5.41) is 1.35. The molecule has 0 aromatic heterocycles. The maximum Gasteiger partial charge on any atom is 0.138 e. The fourth-order valence-electron chi connectivity index (χ4n) is 2.68. The van der Waals surface area contributed by atoms with E-state index in [1.807, 2.05) is 25.1 Å². The topological polar surface area (TPSA) is 38.5 Å². The second-order valence-corrected chi connectivity index (χ2v) is 6.41. The van der Waals surface area contributed by atoms with Gasteiger partial charge in [0.05, 0.1) is 11.6 Å². The van der Waals surface area contributed by atoms with Gasteiger partial charge in [-0.3, -0.25) is 0 Å². The summed E-state index contributed by atoms with van der Waals surface area (Å²) in [5.74, 6) is 0.690. The number of ether oxygens (including phenoxy) is 1. The third kappa shape index (κ3) is 3.26. The van der Waals surface area contributed by atoms with Crippen LogP contribution in [0.15, 0.2) is 36.4 Å². The number of anilines is 2. The van der Waals surface area contributed by atoms with Crippen LogP contribution < -0.4 is 15.4 Å². The largest absolute Gasteiger partial charge is 0.487 e. The summed E-state index contributed by atoms with van der Waals surface area (Å²) < 4.78 is 6.01. The zero-order valence-corrected chi connectivity index (χ0v) is 13.9. The predicted octanol–water partition coefficient (Wildman–Crippen LogP) is 4.54. The van der Waals surface area contributed by atoms with Crippen molar-refractivity contribution >= 4 is 34.6 Å². The van der Waals surface area contributed by atoms with Gasteiger partial charge in [0.25, 0.3) is 0 Å². The Balaban J connectivity index is 1.68. The van der Waals surface area contributed by atoms with E-state index < -0.39 is 0 Å². The van der Waals surface area contributed by atoms with E-state index in [0.29, 0.717) is 16.5 Å². The number of hydrogen-bond acceptors (Lipinski definition) is 3. The van der Waals surface area contributed by atoms with Crippen LogP contribution in [0.4, 0.5) is 11.4 Å². The van der Waals surface area contributed by atoms with Crippen molar-refractivity contribution in [1.29, 1.82) is 0 Å². The van der Waals surface area contributed by atoms with Gasteiger partial charge in [-0.05, 0) is 48.9 Å². The molecule has 116 valence electrons. The summed E-state index contributed by atoms with van der Waals surface area (Å²) in [6, 6.07) is 11.4. The zero-order chi connectivity index (χ0) is 15.7. The van der Waals surface area contributed by atoms with Crippen LogP contribution in [-0.4, -0.2) is 19.2 Å². The minimum absolute atomic E-state index is 0.122. The molecule has 1 unspecified atom stereocenters. The van der Waals surface area contributed by atoms with Crippen LogP contribution in [0, 0.1) is 6.92 Å². The van der Waals surface area contributed by atoms with Crippen molar-refractivity contribution in [3.05, 3.63) is 52.0 Å². The van der Waals surface area contributed by atoms with E-state index in [4.69, 9.17) is 33.7 Å². The molecule has 22 heavy (non-hydrogen) atoms. The quantitative estimate of drug-likeness (QED) is 0.836. The minimum atomic E-state index is 0.122. The molecule has 0 spiro atoms. The van der Waals surface area contributed by atoms with Gasteiger partial charge in [-0.1, -0.05) is 23.2 Å². The van der Waals surface area contributed by atoms with Gasteiger partial charge in [0.1, 0.15) is 11.9 Å². The molecular formula is C17H18Cl2N2O. The molecule has 2 aromatic rings. The smallest absolute Gasteiger partial charge is 0.138 e. The first-order valence-electron chi connectivity index (χ1n) is 7.26. The monoisotopic (exact) mass is 336 g/mol. The number of hydrogen-bond donors (Lipinski definition) is 1. The molecule has 0 aliphatic carbocycles. The standard InChI is InChI=1S/C17H18Cl2N2O/c1-11-8-13(3-4-15(11)18)21-7-6-14(10-21)22-17-5-2-12(20)9-16(17)19/h2-5,8-9,14H,6-7,10,20H2,1H3. The SMILES string of the molecule is Cc1cc(N2CCC(Oc3ccc(N)cc3Cl)C2)ccc1Cl. The Labute approximate surface area is 140 Å². The van der Waals surface area contributed by atoms with Crippen molar-refractivity contribution in [2.75, 3.05) is 23.7 Å². The number of benzene rings is 2. The fraction of sp³-hybridized carbons (Fsp3) is 0.294. The summed E-state index contributed by atoms with van der Waals surface area (Å²) in [4.78, 5) is 2.30. The van der Waals surface area contributed by atoms with Gasteiger partial charge in [0.2, 0.25) is 0 Å². The lowest BCUT2D eigenvalue weighted by Gasteiger charge is -2.20. The highest BCUT2D eigenvalue weighted by molar-refractivity contribution is 6.32. The van der Waals surface area contributed by atoms with Crippen molar-refractivity contribution < 1.29 is 4.74 Å². The molecule has 2 N–H and O–H groups in total. The van der Waals surface area contributed by atoms with Gasteiger partial charge < -0.3 is 15.4 Å². The second kappa shape index (κ2) is 6.27. The van der Waals surface area contributed by atoms with Gasteiger partial charge in [-0.2, -0.15) is 0 Å². The van der Waals surface area contributed by atoms with E-state index >= 15 is 0 Å². The molecule has 5 heteroatoms. The van der Waals surface area contributed by atoms with Crippen molar-refractivity contribution in [1.82, 2.24) is 0 Å². The summed E-state index contributed by atoms with van der Waals surface area (Å²) >= 11 is 12.3. The average molecular weight is 337 g/mol. The minimum Gasteiger partial charge on any atom is -0.487 e. The first-order chi connectivity index (χ1) is 10.5. The van der Waals surface area contributed by atoms with Crippen LogP contribution in [0.2, 0.25) is 10.0 Å². The molecule has 0 saturated carbocycles. The van der Waals surface area contributed by atoms with Crippen molar-refractivity contribution in [3.63, 3.8) is 0 Å². The highest BCUT2D eigenvalue weighted by Crippen LogP contribution is 2.31. The molecule has 2 aromatic carbocycles. The third-order valence-electron chi connectivity index (χ3n) is 3.90. The van der Waals surface area contributed by atoms with Crippen LogP contribution in [-0.2, 0) is 0 Å². The van der Waals surface area contributed by atoms with E-state index in [1.54, 1.807) is 12.1 Å². The summed E-state index contributed by atoms with van der Waals surface area (Å²) in [7, 11) is 0. The molecule has 3 rings (SSSR count). The lowest BCUT2D eigenvalue weighted by Crippen LogP contribution is -2.24. The highest BCUT2D eigenvalue weighted by atomic mass is 35.5. The molecule has 1 saturated heterocycles. The van der Waals surface area contributed by atoms with Crippen LogP contribution in [0.5, 0.6) is 5.75 Å². The van der Waals surface area contributed by atoms with Gasteiger partial charge in [0, 0.05) is 29.4 Å². The van der Waals surface area contributed by atoms with E-state index in [2.05, 4.69) is 11.0 Å². The molecule has 1 heterocycles. The Morgan fingerprint density at radius 3 is 2.68 bits per heavy atom. The fourth-order valence-corrected chi connectivity index (χ4v) is 3.03. The normalized spacial score (nSPS) is 17.8. The molecular weight excluding hydrogens is 319 g/mol. The van der Waals surface area contributed by atoms with Crippen LogP contribution in [0.3, 0.4) is 0 Å². The molecule has 0 bridgehead atoms. The highest BCUT2D eigenvalue weighted by Gasteiger charge is 2.25. The van der Waals surface area contributed by atoms with Crippen LogP contribution in [0.1, 0.15) is 12.0 Å². The third-order valence-corrected chi connectivity index (χ3v) is 4.62. The maximum absolute atomic E-state index is 6.17. The number of nitrogens with two attached hydrogens (primary N) is 1. The molecule has 1 atom stereocenters. The van der Waals surface area contributed by atoms with Crippen molar-refractivity contribution in [2.24, 2.45) is 0 Å². The Morgan fingerprint density at radius 1 is 1.14 bits per heavy atom. The van der Waals surface area contributed by atoms with E-state index in [-0.39, 0.29) is 6.10 Å². The van der Waals surface area contributed by atoms with Gasteiger partial charge >= 0.3 is 0 Å². The summed E-state index contributed by atoms with van der Waals surface area (Å²) in [6.07, 6.45) is 1.08. The molecule has 1 aliphatic rings. The first kappa shape index (κ1) is 15.3. The number of aryl methyl sites for hydroxylation is 1. The number of nitrogen functional groups attached to an aromatic ring is 1. The van der Waals surface area contributed by atoms with Crippen molar-refractivity contribution in [2.45, 2.75) is 19.4 Å². The Hall–Kier alpha value is -1.58. The lowest BCUT2D eigenvalue weighted by molar-refractivity contribution is 0.225. The average Bonchev–Trinajstić information content (AvgIpc) is 2.93. The van der Waals surface area contributed by atoms with Gasteiger partial charge in [-0.15, -0.1) is 0 Å². The Kier molecular flexibility index (Phi) is 4.37. The van der Waals surface area contributed by atoms with Crippen LogP contribution in [0.25, 0.3) is 0 Å². The first-order valence-corrected chi connectivity index (χ1v) is 8.01. The van der Waals surface area contributed by atoms with E-state index in [0.717, 1.165) is 30.1 Å². The molecule has 1 fully saturated rings. The Morgan fingerprint density at radius 2 is 1.95 bits per heavy atom. The molecule has 0 radical (unpaired) electrons. The summed E-state index contributed by atoms with van der Waals surface area (Å²) in [6.45, 7) is 3.81. The van der Waals surface area contributed by atoms with Crippen molar-refractivity contribution in [3.8, 4) is 5.75 Å². The van der Waals surface area contributed by atoms with Gasteiger partial charge in [0.15, 0.2) is 0 Å².